The second-order valence-electron chi connectivity index (χ2n) is 6.25. The average molecular weight is 377 g/mol. The van der Waals surface area contributed by atoms with Gasteiger partial charge in [-0.15, -0.1) is 0 Å². The van der Waals surface area contributed by atoms with E-state index in [-0.39, 0.29) is 18.1 Å². The molecule has 1 aliphatic rings. The van der Waals surface area contributed by atoms with Crippen LogP contribution in [0.2, 0.25) is 0 Å². The maximum absolute atomic E-state index is 13.1. The molecule has 3 amide bonds. The number of hydrogen-bond donors (Lipinski definition) is 1. The van der Waals surface area contributed by atoms with Gasteiger partial charge in [-0.25, -0.2) is 4.79 Å². The fourth-order valence-electron chi connectivity index (χ4n) is 2.98. The van der Waals surface area contributed by atoms with E-state index in [1.54, 1.807) is 29.2 Å². The Morgan fingerprint density at radius 1 is 1.15 bits per heavy atom. The standard InChI is InChI=1S/C19H18F3N3O2/c1-24(12-14-4-2-3-5-16(14)19(20,21)22)17(26)13-6-8-15(9-7-13)25-11-10-23-18(25)27/h2-9H,10-12H2,1H3,(H,23,27). The largest absolute Gasteiger partial charge is 0.416 e. The molecule has 5 nitrogen and oxygen atoms in total. The molecule has 0 aromatic heterocycles. The highest BCUT2D eigenvalue weighted by Gasteiger charge is 2.33. The Balaban J connectivity index is 1.74. The first-order chi connectivity index (χ1) is 12.8. The molecule has 1 heterocycles. The van der Waals surface area contributed by atoms with Gasteiger partial charge in [0.2, 0.25) is 0 Å². The van der Waals surface area contributed by atoms with E-state index < -0.39 is 17.6 Å². The summed E-state index contributed by atoms with van der Waals surface area (Å²) in [7, 11) is 1.46. The smallest absolute Gasteiger partial charge is 0.337 e. The third-order valence-corrected chi connectivity index (χ3v) is 4.36. The molecule has 3 rings (SSSR count). The first kappa shape index (κ1) is 18.8. The van der Waals surface area contributed by atoms with Crippen molar-refractivity contribution in [1.82, 2.24) is 10.2 Å². The van der Waals surface area contributed by atoms with Crippen LogP contribution in [0.5, 0.6) is 0 Å². The van der Waals surface area contributed by atoms with Crippen LogP contribution in [0.3, 0.4) is 0 Å². The van der Waals surface area contributed by atoms with Crippen LogP contribution < -0.4 is 10.2 Å². The number of benzene rings is 2. The molecule has 0 spiro atoms. The van der Waals surface area contributed by atoms with E-state index in [1.807, 2.05) is 0 Å². The lowest BCUT2D eigenvalue weighted by atomic mass is 10.1. The molecule has 0 saturated carbocycles. The molecule has 1 fully saturated rings. The molecular weight excluding hydrogens is 359 g/mol. The van der Waals surface area contributed by atoms with Crippen LogP contribution >= 0.6 is 0 Å². The van der Waals surface area contributed by atoms with Crippen LogP contribution in [-0.2, 0) is 12.7 Å². The highest BCUT2D eigenvalue weighted by Crippen LogP contribution is 2.32. The van der Waals surface area contributed by atoms with Crippen molar-refractivity contribution in [2.45, 2.75) is 12.7 Å². The van der Waals surface area contributed by atoms with Crippen molar-refractivity contribution in [3.8, 4) is 0 Å². The summed E-state index contributed by atoms with van der Waals surface area (Å²) in [6.07, 6.45) is -4.47. The van der Waals surface area contributed by atoms with E-state index in [2.05, 4.69) is 5.32 Å². The lowest BCUT2D eigenvalue weighted by Crippen LogP contribution is -2.28. The molecule has 1 aliphatic heterocycles. The first-order valence-corrected chi connectivity index (χ1v) is 8.33. The number of urea groups is 1. The van der Waals surface area contributed by atoms with Crippen molar-refractivity contribution in [2.24, 2.45) is 0 Å². The summed E-state index contributed by atoms with van der Waals surface area (Å²) in [5, 5.41) is 2.69. The average Bonchev–Trinajstić information content (AvgIpc) is 3.06. The predicted molar refractivity (Wildman–Crippen MR) is 94.4 cm³/mol. The molecule has 2 aromatic carbocycles. The Kier molecular flexibility index (Phi) is 5.07. The van der Waals surface area contributed by atoms with Crippen molar-refractivity contribution in [2.75, 3.05) is 25.0 Å². The fraction of sp³-hybridized carbons (Fsp3) is 0.263. The quantitative estimate of drug-likeness (QED) is 0.887. The number of alkyl halides is 3. The highest BCUT2D eigenvalue weighted by molar-refractivity contribution is 5.96. The molecule has 0 aliphatic carbocycles. The molecule has 2 aromatic rings. The minimum absolute atomic E-state index is 0.0335. The molecule has 8 heteroatoms. The number of rotatable bonds is 4. The van der Waals surface area contributed by atoms with Crippen LogP contribution in [0.4, 0.5) is 23.7 Å². The molecule has 27 heavy (non-hydrogen) atoms. The van der Waals surface area contributed by atoms with Gasteiger partial charge in [0.1, 0.15) is 0 Å². The van der Waals surface area contributed by atoms with Gasteiger partial charge in [0.15, 0.2) is 0 Å². The fourth-order valence-corrected chi connectivity index (χ4v) is 2.98. The lowest BCUT2D eigenvalue weighted by Gasteiger charge is -2.21. The Bertz CT molecular complexity index is 850. The second kappa shape index (κ2) is 7.30. The predicted octanol–water partition coefficient (Wildman–Crippen LogP) is 3.51. The van der Waals surface area contributed by atoms with Crippen molar-refractivity contribution in [1.29, 1.82) is 0 Å². The Morgan fingerprint density at radius 2 is 1.81 bits per heavy atom. The number of nitrogens with zero attached hydrogens (tertiary/aromatic N) is 2. The lowest BCUT2D eigenvalue weighted by molar-refractivity contribution is -0.138. The number of anilines is 1. The SMILES string of the molecule is CN(Cc1ccccc1C(F)(F)F)C(=O)c1ccc(N2CCNC2=O)cc1. The van der Waals surface area contributed by atoms with Crippen LogP contribution in [0, 0.1) is 0 Å². The van der Waals surface area contributed by atoms with E-state index >= 15 is 0 Å². The maximum atomic E-state index is 13.1. The Morgan fingerprint density at radius 3 is 2.41 bits per heavy atom. The van der Waals surface area contributed by atoms with Crippen LogP contribution in [0.25, 0.3) is 0 Å². The van der Waals surface area contributed by atoms with Crippen LogP contribution in [0.15, 0.2) is 48.5 Å². The zero-order valence-corrected chi connectivity index (χ0v) is 14.6. The summed E-state index contributed by atoms with van der Waals surface area (Å²) >= 11 is 0. The number of carbonyl (C=O) groups is 2. The minimum atomic E-state index is -4.47. The van der Waals surface area contributed by atoms with Gasteiger partial charge in [-0.2, -0.15) is 13.2 Å². The van der Waals surface area contributed by atoms with Gasteiger partial charge in [-0.1, -0.05) is 18.2 Å². The third-order valence-electron chi connectivity index (χ3n) is 4.36. The Hall–Kier alpha value is -3.03. The van der Waals surface area contributed by atoms with E-state index in [9.17, 15) is 22.8 Å². The van der Waals surface area contributed by atoms with E-state index in [0.29, 0.717) is 24.3 Å². The number of hydrogen-bond acceptors (Lipinski definition) is 2. The second-order valence-corrected chi connectivity index (χ2v) is 6.25. The third kappa shape index (κ3) is 4.05. The zero-order valence-electron chi connectivity index (χ0n) is 14.6. The summed E-state index contributed by atoms with van der Waals surface area (Å²) in [4.78, 5) is 27.0. The minimum Gasteiger partial charge on any atom is -0.337 e. The summed E-state index contributed by atoms with van der Waals surface area (Å²) in [5.41, 5.74) is 0.281. The van der Waals surface area contributed by atoms with Crippen molar-refractivity contribution in [3.63, 3.8) is 0 Å². The Labute approximate surface area is 154 Å². The van der Waals surface area contributed by atoms with Gasteiger partial charge < -0.3 is 10.2 Å². The zero-order chi connectivity index (χ0) is 19.6. The highest BCUT2D eigenvalue weighted by atomic mass is 19.4. The monoisotopic (exact) mass is 377 g/mol. The summed E-state index contributed by atoms with van der Waals surface area (Å²) in [6, 6.07) is 11.4. The van der Waals surface area contributed by atoms with Crippen molar-refractivity contribution >= 4 is 17.6 Å². The topological polar surface area (TPSA) is 52.7 Å². The summed E-state index contributed by atoms with van der Waals surface area (Å²) in [5.74, 6) is -0.399. The molecule has 0 unspecified atom stereocenters. The molecule has 0 radical (unpaired) electrons. The molecule has 1 saturated heterocycles. The summed E-state index contributed by atoms with van der Waals surface area (Å²) < 4.78 is 39.3. The van der Waals surface area contributed by atoms with Crippen molar-refractivity contribution in [3.05, 3.63) is 65.2 Å². The molecular formula is C19H18F3N3O2. The molecule has 0 atom stereocenters. The van der Waals surface area contributed by atoms with E-state index in [1.165, 1.54) is 30.1 Å². The van der Waals surface area contributed by atoms with Gasteiger partial charge >= 0.3 is 12.2 Å². The van der Waals surface area contributed by atoms with E-state index in [4.69, 9.17) is 0 Å². The van der Waals surface area contributed by atoms with Gasteiger partial charge in [0.05, 0.1) is 5.56 Å². The molecule has 0 bridgehead atoms. The number of amides is 3. The molecule has 1 N–H and O–H groups in total. The maximum Gasteiger partial charge on any atom is 0.416 e. The first-order valence-electron chi connectivity index (χ1n) is 8.33. The van der Waals surface area contributed by atoms with Gasteiger partial charge in [-0.05, 0) is 35.9 Å². The number of halogens is 3. The van der Waals surface area contributed by atoms with Crippen LogP contribution in [-0.4, -0.2) is 37.0 Å². The van der Waals surface area contributed by atoms with E-state index in [0.717, 1.165) is 6.07 Å². The number of nitrogens with one attached hydrogen (secondary N) is 1. The summed E-state index contributed by atoms with van der Waals surface area (Å²) in [6.45, 7) is 0.936. The molecule has 142 valence electrons. The van der Waals surface area contributed by atoms with Gasteiger partial charge in [0, 0.05) is 37.9 Å². The normalized spacial score (nSPS) is 14.2. The van der Waals surface area contributed by atoms with Crippen LogP contribution in [0.1, 0.15) is 21.5 Å². The van der Waals surface area contributed by atoms with Gasteiger partial charge in [-0.3, -0.25) is 9.69 Å². The van der Waals surface area contributed by atoms with Crippen molar-refractivity contribution < 1.29 is 22.8 Å². The number of carbonyl (C=O) groups excluding carboxylic acids is 2. The van der Waals surface area contributed by atoms with Gasteiger partial charge in [0.25, 0.3) is 5.91 Å².